The second-order valence-corrected chi connectivity index (χ2v) is 6.42. The zero-order chi connectivity index (χ0) is 15.1. The average molecular weight is 386 g/mol. The molecule has 0 atom stereocenters. The molecular formula is C15H11BrCl2N2O. The van der Waals surface area contributed by atoms with Crippen molar-refractivity contribution in [1.82, 2.24) is 9.38 Å². The molecule has 2 aromatic heterocycles. The molecule has 0 saturated carbocycles. The monoisotopic (exact) mass is 384 g/mol. The molecule has 3 rings (SSSR count). The van der Waals surface area contributed by atoms with Crippen molar-refractivity contribution in [1.29, 1.82) is 0 Å². The van der Waals surface area contributed by atoms with E-state index in [2.05, 4.69) is 20.9 Å². The number of benzene rings is 1. The minimum absolute atomic E-state index is 0.118. The van der Waals surface area contributed by atoms with Gasteiger partial charge in [-0.3, -0.25) is 4.40 Å². The Balaban J connectivity index is 2.31. The number of nitrogens with zero attached hydrogens (tertiary/aromatic N) is 2. The zero-order valence-corrected chi connectivity index (χ0v) is 14.2. The number of rotatable bonds is 2. The summed E-state index contributed by atoms with van der Waals surface area (Å²) in [4.78, 5) is 4.62. The van der Waals surface area contributed by atoms with Crippen LogP contribution >= 0.6 is 39.1 Å². The van der Waals surface area contributed by atoms with Crippen molar-refractivity contribution < 1.29 is 5.11 Å². The Labute approximate surface area is 140 Å². The minimum atomic E-state index is -0.118. The van der Waals surface area contributed by atoms with Crippen molar-refractivity contribution in [3.63, 3.8) is 0 Å². The van der Waals surface area contributed by atoms with Crippen molar-refractivity contribution in [2.24, 2.45) is 0 Å². The SMILES string of the molecule is Cc1cc(Br)c2nc(-c3ccc(Cl)c(Cl)c3)c(CO)n2c1. The molecular weight excluding hydrogens is 375 g/mol. The number of halogens is 3. The van der Waals surface area contributed by atoms with E-state index in [-0.39, 0.29) is 6.61 Å². The lowest BCUT2D eigenvalue weighted by atomic mass is 10.1. The number of hydrogen-bond donors (Lipinski definition) is 1. The lowest BCUT2D eigenvalue weighted by Gasteiger charge is -2.04. The first-order valence-corrected chi connectivity index (χ1v) is 7.79. The third kappa shape index (κ3) is 2.57. The molecule has 0 fully saturated rings. The van der Waals surface area contributed by atoms with Gasteiger partial charge in [0.2, 0.25) is 0 Å². The minimum Gasteiger partial charge on any atom is -0.390 e. The van der Waals surface area contributed by atoms with Crippen molar-refractivity contribution in [3.8, 4) is 11.3 Å². The van der Waals surface area contributed by atoms with Crippen molar-refractivity contribution in [3.05, 3.63) is 56.2 Å². The fraction of sp³-hybridized carbons (Fsp3) is 0.133. The summed E-state index contributed by atoms with van der Waals surface area (Å²) in [6, 6.07) is 7.31. The Kier molecular flexibility index (Phi) is 3.97. The number of aryl methyl sites for hydroxylation is 1. The Hall–Kier alpha value is -1.07. The van der Waals surface area contributed by atoms with Crippen LogP contribution in [0.25, 0.3) is 16.9 Å². The van der Waals surface area contributed by atoms with Gasteiger partial charge in [0.05, 0.1) is 32.5 Å². The topological polar surface area (TPSA) is 37.5 Å². The van der Waals surface area contributed by atoms with Crippen LogP contribution in [0.1, 0.15) is 11.3 Å². The van der Waals surface area contributed by atoms with Gasteiger partial charge in [-0.2, -0.15) is 0 Å². The van der Waals surface area contributed by atoms with Gasteiger partial charge in [-0.25, -0.2) is 4.98 Å². The third-order valence-electron chi connectivity index (χ3n) is 3.25. The molecule has 0 unspecified atom stereocenters. The Morgan fingerprint density at radius 1 is 1.24 bits per heavy atom. The third-order valence-corrected chi connectivity index (χ3v) is 4.58. The fourth-order valence-electron chi connectivity index (χ4n) is 2.30. The number of fused-ring (bicyclic) bond motifs is 1. The van der Waals surface area contributed by atoms with Gasteiger partial charge in [-0.05, 0) is 46.6 Å². The summed E-state index contributed by atoms with van der Waals surface area (Å²) >= 11 is 15.5. The van der Waals surface area contributed by atoms with Gasteiger partial charge < -0.3 is 5.11 Å². The summed E-state index contributed by atoms with van der Waals surface area (Å²) in [5.74, 6) is 0. The lowest BCUT2D eigenvalue weighted by Crippen LogP contribution is -1.95. The summed E-state index contributed by atoms with van der Waals surface area (Å²) in [6.07, 6.45) is 1.94. The maximum absolute atomic E-state index is 9.74. The molecule has 0 saturated heterocycles. The molecule has 0 bridgehead atoms. The second kappa shape index (κ2) is 5.61. The molecule has 0 amide bonds. The van der Waals surface area contributed by atoms with E-state index in [1.165, 1.54) is 0 Å². The van der Waals surface area contributed by atoms with E-state index < -0.39 is 0 Å². The van der Waals surface area contributed by atoms with E-state index in [0.29, 0.717) is 21.4 Å². The highest BCUT2D eigenvalue weighted by atomic mass is 79.9. The van der Waals surface area contributed by atoms with Crippen LogP contribution in [0, 0.1) is 6.92 Å². The molecule has 1 aromatic carbocycles. The molecule has 3 aromatic rings. The van der Waals surface area contributed by atoms with E-state index in [0.717, 1.165) is 21.2 Å². The second-order valence-electron chi connectivity index (χ2n) is 4.75. The molecule has 0 aliphatic carbocycles. The molecule has 0 spiro atoms. The van der Waals surface area contributed by atoms with Gasteiger partial charge in [0, 0.05) is 11.8 Å². The van der Waals surface area contributed by atoms with E-state index in [9.17, 15) is 5.11 Å². The predicted molar refractivity (Wildman–Crippen MR) is 89.0 cm³/mol. The first kappa shape index (κ1) is 14.9. The van der Waals surface area contributed by atoms with Gasteiger partial charge in [-0.15, -0.1) is 0 Å². The van der Waals surface area contributed by atoms with Crippen molar-refractivity contribution in [2.75, 3.05) is 0 Å². The molecule has 1 N–H and O–H groups in total. The molecule has 2 heterocycles. The maximum atomic E-state index is 9.74. The summed E-state index contributed by atoms with van der Waals surface area (Å²) in [5.41, 5.74) is 4.06. The van der Waals surface area contributed by atoms with Crippen LogP contribution < -0.4 is 0 Å². The van der Waals surface area contributed by atoms with Crippen molar-refractivity contribution in [2.45, 2.75) is 13.5 Å². The van der Waals surface area contributed by atoms with Crippen LogP contribution in [-0.4, -0.2) is 14.5 Å². The molecule has 21 heavy (non-hydrogen) atoms. The van der Waals surface area contributed by atoms with E-state index in [4.69, 9.17) is 23.2 Å². The van der Waals surface area contributed by atoms with Crippen LogP contribution in [0.2, 0.25) is 10.0 Å². The molecule has 6 heteroatoms. The average Bonchev–Trinajstić information content (AvgIpc) is 2.80. The molecule has 0 aliphatic heterocycles. The first-order chi connectivity index (χ1) is 10.0. The van der Waals surface area contributed by atoms with Gasteiger partial charge in [0.25, 0.3) is 0 Å². The van der Waals surface area contributed by atoms with E-state index >= 15 is 0 Å². The standard InChI is InChI=1S/C15H11BrCl2N2O/c1-8-4-10(16)15-19-14(13(7-21)20(15)6-8)9-2-3-11(17)12(18)5-9/h2-6,21H,7H2,1H3. The quantitative estimate of drug-likeness (QED) is 0.683. The van der Waals surface area contributed by atoms with Crippen LogP contribution in [0.3, 0.4) is 0 Å². The smallest absolute Gasteiger partial charge is 0.152 e. The lowest BCUT2D eigenvalue weighted by molar-refractivity contribution is 0.276. The highest BCUT2D eigenvalue weighted by Gasteiger charge is 2.16. The summed E-state index contributed by atoms with van der Waals surface area (Å²) in [7, 11) is 0. The van der Waals surface area contributed by atoms with Crippen LogP contribution in [0.15, 0.2) is 34.9 Å². The van der Waals surface area contributed by atoms with Crippen LogP contribution in [0.5, 0.6) is 0 Å². The van der Waals surface area contributed by atoms with E-state index in [1.54, 1.807) is 12.1 Å². The molecule has 108 valence electrons. The predicted octanol–water partition coefficient (Wildman–Crippen LogP) is 4.87. The highest BCUT2D eigenvalue weighted by Crippen LogP contribution is 2.32. The number of imidazole rings is 1. The van der Waals surface area contributed by atoms with Crippen molar-refractivity contribution >= 4 is 44.8 Å². The van der Waals surface area contributed by atoms with E-state index in [1.807, 2.05) is 29.7 Å². The molecule has 0 radical (unpaired) electrons. The first-order valence-electron chi connectivity index (χ1n) is 6.24. The summed E-state index contributed by atoms with van der Waals surface area (Å²) in [6.45, 7) is 1.87. The highest BCUT2D eigenvalue weighted by molar-refractivity contribution is 9.10. The Bertz CT molecular complexity index is 845. The summed E-state index contributed by atoms with van der Waals surface area (Å²) in [5, 5.41) is 10.7. The molecule has 0 aliphatic rings. The number of pyridine rings is 1. The Morgan fingerprint density at radius 3 is 2.67 bits per heavy atom. The largest absolute Gasteiger partial charge is 0.390 e. The van der Waals surface area contributed by atoms with Crippen LogP contribution in [0.4, 0.5) is 0 Å². The normalized spacial score (nSPS) is 11.3. The summed E-state index contributed by atoms with van der Waals surface area (Å²) < 4.78 is 2.76. The Morgan fingerprint density at radius 2 is 2.00 bits per heavy atom. The number of aromatic nitrogens is 2. The number of aliphatic hydroxyl groups excluding tert-OH is 1. The van der Waals surface area contributed by atoms with Gasteiger partial charge in [0.15, 0.2) is 5.65 Å². The number of aliphatic hydroxyl groups is 1. The fourth-order valence-corrected chi connectivity index (χ4v) is 3.24. The molecule has 3 nitrogen and oxygen atoms in total. The zero-order valence-electron chi connectivity index (χ0n) is 11.1. The van der Waals surface area contributed by atoms with Crippen LogP contribution in [-0.2, 0) is 6.61 Å². The van der Waals surface area contributed by atoms with Gasteiger partial charge in [0.1, 0.15) is 0 Å². The van der Waals surface area contributed by atoms with Gasteiger partial charge >= 0.3 is 0 Å². The number of hydrogen-bond acceptors (Lipinski definition) is 2. The van der Waals surface area contributed by atoms with Gasteiger partial charge in [-0.1, -0.05) is 29.3 Å². The maximum Gasteiger partial charge on any atom is 0.152 e.